The number of hydrogen-bond acceptors (Lipinski definition) is 2. The van der Waals surface area contributed by atoms with Gasteiger partial charge in [0.25, 0.3) is 0 Å². The lowest BCUT2D eigenvalue weighted by atomic mass is 10.2. The molecule has 0 atom stereocenters. The summed E-state index contributed by atoms with van der Waals surface area (Å²) < 4.78 is 0. The molecule has 0 aliphatic carbocycles. The fraction of sp³-hybridized carbons (Fsp3) is 0.500. The van der Waals surface area contributed by atoms with E-state index in [4.69, 9.17) is 0 Å². The molecule has 0 aliphatic rings. The Hall–Kier alpha value is -0.880. The average molecular weight is 112 g/mol. The van der Waals surface area contributed by atoms with Crippen molar-refractivity contribution in [1.29, 1.82) is 0 Å². The largest absolute Gasteiger partial charge is 0.299 e. The van der Waals surface area contributed by atoms with Gasteiger partial charge in [-0.15, -0.1) is 0 Å². The number of ketones is 1. The van der Waals surface area contributed by atoms with Gasteiger partial charge in [0.1, 0.15) is 11.7 Å². The van der Waals surface area contributed by atoms with Crippen molar-refractivity contribution in [2.75, 3.05) is 0 Å². The Labute approximate surface area is 48.2 Å². The molecule has 0 aromatic heterocycles. The second-order valence-corrected chi connectivity index (χ2v) is 1.42. The molecule has 0 radical (unpaired) electrons. The number of Topliss-reactive ketones (excluding diaryl/α,β-unsaturated/α-hetero) is 1. The minimum Gasteiger partial charge on any atom is -0.299 e. The molecule has 0 fully saturated rings. The van der Waals surface area contributed by atoms with Gasteiger partial charge >= 0.3 is 0 Å². The van der Waals surface area contributed by atoms with Crippen molar-refractivity contribution < 1.29 is 9.59 Å². The number of allylic oxidation sites excluding steroid dienone is 1. The van der Waals surface area contributed by atoms with Gasteiger partial charge < -0.3 is 0 Å². The summed E-state index contributed by atoms with van der Waals surface area (Å²) in [6, 6.07) is 0. The summed E-state index contributed by atoms with van der Waals surface area (Å²) in [4.78, 5) is 19.9. The lowest BCUT2D eigenvalue weighted by Crippen LogP contribution is -1.90. The Morgan fingerprint density at radius 3 is 2.75 bits per heavy atom. The van der Waals surface area contributed by atoms with E-state index < -0.39 is 0 Å². The van der Waals surface area contributed by atoms with Gasteiger partial charge in [0, 0.05) is 18.9 Å². The summed E-state index contributed by atoms with van der Waals surface area (Å²) in [5.41, 5.74) is 0. The fourth-order valence-electron chi connectivity index (χ4n) is 0.300. The molecule has 44 valence electrons. The zero-order chi connectivity index (χ0) is 6.41. The summed E-state index contributed by atoms with van der Waals surface area (Å²) >= 11 is 0. The van der Waals surface area contributed by atoms with Crippen LogP contribution in [-0.4, -0.2) is 11.7 Å². The summed E-state index contributed by atoms with van der Waals surface area (Å²) in [5, 5.41) is 0. The number of carbonyl (C=O) groups excluding carboxylic acids is 2. The molecule has 0 spiro atoms. The van der Waals surface area contributed by atoms with Crippen LogP contribution >= 0.6 is 0 Å². The highest BCUT2D eigenvalue weighted by Crippen LogP contribution is 1.86. The van der Waals surface area contributed by atoms with E-state index in [-0.39, 0.29) is 12.2 Å². The Balaban J connectivity index is 3.39. The van der Waals surface area contributed by atoms with E-state index >= 15 is 0 Å². The van der Waals surface area contributed by atoms with E-state index in [1.54, 1.807) is 6.92 Å². The first kappa shape index (κ1) is 7.12. The van der Waals surface area contributed by atoms with Gasteiger partial charge in [-0.25, -0.2) is 4.79 Å². The molecule has 0 saturated heterocycles. The highest BCUT2D eigenvalue weighted by molar-refractivity contribution is 5.80. The van der Waals surface area contributed by atoms with Gasteiger partial charge in [-0.1, -0.05) is 6.92 Å². The zero-order valence-electron chi connectivity index (χ0n) is 4.81. The number of hydrogen-bond donors (Lipinski definition) is 0. The summed E-state index contributed by atoms with van der Waals surface area (Å²) in [6.45, 7) is 1.76. The number of rotatable bonds is 3. The van der Waals surface area contributed by atoms with Crippen molar-refractivity contribution in [3.05, 3.63) is 6.08 Å². The number of carbonyl (C=O) groups is 1. The first-order chi connectivity index (χ1) is 3.81. The second-order valence-electron chi connectivity index (χ2n) is 1.42. The Bertz CT molecular complexity index is 120. The molecule has 0 amide bonds. The van der Waals surface area contributed by atoms with Crippen molar-refractivity contribution in [3.8, 4) is 0 Å². The molecule has 0 rings (SSSR count). The lowest BCUT2D eigenvalue weighted by Gasteiger charge is -1.82. The molecular weight excluding hydrogens is 104 g/mol. The van der Waals surface area contributed by atoms with Gasteiger partial charge in [-0.3, -0.25) is 4.79 Å². The predicted molar refractivity (Wildman–Crippen MR) is 30.2 cm³/mol. The van der Waals surface area contributed by atoms with Crippen LogP contribution in [0.15, 0.2) is 6.08 Å². The fourth-order valence-corrected chi connectivity index (χ4v) is 0.300. The van der Waals surface area contributed by atoms with Gasteiger partial charge in [0.15, 0.2) is 0 Å². The molecule has 0 N–H and O–H groups in total. The third kappa shape index (κ3) is 3.32. The van der Waals surface area contributed by atoms with Crippen LogP contribution in [0.3, 0.4) is 0 Å². The first-order valence-corrected chi connectivity index (χ1v) is 2.52. The summed E-state index contributed by atoms with van der Waals surface area (Å²) in [6.07, 6.45) is 1.93. The Morgan fingerprint density at radius 1 is 1.75 bits per heavy atom. The van der Waals surface area contributed by atoms with Gasteiger partial charge in [0.2, 0.25) is 0 Å². The van der Waals surface area contributed by atoms with Crippen molar-refractivity contribution >= 4 is 11.7 Å². The molecule has 8 heavy (non-hydrogen) atoms. The van der Waals surface area contributed by atoms with E-state index in [9.17, 15) is 9.59 Å². The normalized spacial score (nSPS) is 7.62. The van der Waals surface area contributed by atoms with Crippen LogP contribution in [0.1, 0.15) is 19.8 Å². The van der Waals surface area contributed by atoms with Gasteiger partial charge in [-0.05, 0) is 0 Å². The molecule has 2 heteroatoms. The van der Waals surface area contributed by atoms with Crippen LogP contribution in [0.4, 0.5) is 0 Å². The van der Waals surface area contributed by atoms with Crippen LogP contribution in [-0.2, 0) is 9.59 Å². The molecule has 2 nitrogen and oxygen atoms in total. The van der Waals surface area contributed by atoms with E-state index in [0.29, 0.717) is 6.42 Å². The highest BCUT2D eigenvalue weighted by Gasteiger charge is 1.90. The molecule has 0 aromatic rings. The van der Waals surface area contributed by atoms with Crippen LogP contribution in [0.5, 0.6) is 0 Å². The molecule has 0 aromatic carbocycles. The quantitative estimate of drug-likeness (QED) is 0.505. The third-order valence-electron chi connectivity index (χ3n) is 0.807. The van der Waals surface area contributed by atoms with Gasteiger partial charge in [-0.2, -0.15) is 0 Å². The topological polar surface area (TPSA) is 34.1 Å². The monoisotopic (exact) mass is 112 g/mol. The second kappa shape index (κ2) is 4.28. The third-order valence-corrected chi connectivity index (χ3v) is 0.807. The Morgan fingerprint density at radius 2 is 2.38 bits per heavy atom. The van der Waals surface area contributed by atoms with Crippen molar-refractivity contribution in [2.45, 2.75) is 19.8 Å². The lowest BCUT2D eigenvalue weighted by molar-refractivity contribution is -0.117. The SMILES string of the molecule is CCC(=O)CC=C=O. The van der Waals surface area contributed by atoms with Crippen LogP contribution < -0.4 is 0 Å². The summed E-state index contributed by atoms with van der Waals surface area (Å²) in [5.74, 6) is 1.61. The van der Waals surface area contributed by atoms with Crippen molar-refractivity contribution in [1.82, 2.24) is 0 Å². The molecular formula is C6H8O2. The Kier molecular flexibility index (Phi) is 3.81. The van der Waals surface area contributed by atoms with Crippen LogP contribution in [0.25, 0.3) is 0 Å². The van der Waals surface area contributed by atoms with Gasteiger partial charge in [0.05, 0.1) is 0 Å². The molecule has 0 bridgehead atoms. The molecule has 0 heterocycles. The molecule has 0 unspecified atom stereocenters. The van der Waals surface area contributed by atoms with E-state index in [1.807, 2.05) is 0 Å². The maximum atomic E-state index is 10.4. The van der Waals surface area contributed by atoms with E-state index in [1.165, 1.54) is 12.0 Å². The maximum Gasteiger partial charge on any atom is 0.137 e. The highest BCUT2D eigenvalue weighted by atomic mass is 16.1. The molecule has 0 saturated carbocycles. The smallest absolute Gasteiger partial charge is 0.137 e. The maximum absolute atomic E-state index is 10.4. The van der Waals surface area contributed by atoms with Crippen LogP contribution in [0, 0.1) is 0 Å². The van der Waals surface area contributed by atoms with Crippen LogP contribution in [0.2, 0.25) is 0 Å². The average Bonchev–Trinajstić information content (AvgIpc) is 1.83. The van der Waals surface area contributed by atoms with Crippen molar-refractivity contribution in [2.24, 2.45) is 0 Å². The van der Waals surface area contributed by atoms with E-state index in [0.717, 1.165) is 0 Å². The molecule has 0 aliphatic heterocycles. The standard InChI is InChI=1S/C6H8O2/c1-2-6(8)4-3-5-7/h3H,2,4H2,1H3. The minimum atomic E-state index is 0.0772. The minimum absolute atomic E-state index is 0.0772. The zero-order valence-corrected chi connectivity index (χ0v) is 4.81. The van der Waals surface area contributed by atoms with Crippen molar-refractivity contribution in [3.63, 3.8) is 0 Å². The van der Waals surface area contributed by atoms with E-state index in [2.05, 4.69) is 0 Å². The first-order valence-electron chi connectivity index (χ1n) is 2.52. The summed E-state index contributed by atoms with van der Waals surface area (Å²) in [7, 11) is 0. The predicted octanol–water partition coefficient (Wildman–Crippen LogP) is 0.743.